The van der Waals surface area contributed by atoms with E-state index >= 15 is 0 Å². The fraction of sp³-hybridized carbons (Fsp3) is 0.400. The molecule has 0 saturated heterocycles. The number of H-pyrrole nitrogens is 1. The second-order valence-electron chi connectivity index (χ2n) is 5.34. The molecule has 94 valence electrons. The number of benzene rings is 1. The van der Waals surface area contributed by atoms with Crippen molar-refractivity contribution < 1.29 is 0 Å². The Morgan fingerprint density at radius 3 is 2.61 bits per heavy atom. The molecule has 1 saturated carbocycles. The predicted molar refractivity (Wildman–Crippen MR) is 73.4 cm³/mol. The summed E-state index contributed by atoms with van der Waals surface area (Å²) in [6.45, 7) is 4.22. The van der Waals surface area contributed by atoms with Crippen LogP contribution in [-0.2, 0) is 0 Å². The molecular formula is C15H19N3. The molecule has 18 heavy (non-hydrogen) atoms. The van der Waals surface area contributed by atoms with E-state index in [0.717, 1.165) is 30.1 Å². The van der Waals surface area contributed by atoms with E-state index in [4.69, 9.17) is 10.7 Å². The van der Waals surface area contributed by atoms with Gasteiger partial charge >= 0.3 is 0 Å². The minimum Gasteiger partial charge on any atom is -0.345 e. The minimum absolute atomic E-state index is 0.363. The summed E-state index contributed by atoms with van der Waals surface area (Å²) in [4.78, 5) is 8.21. The molecule has 0 amide bonds. The highest BCUT2D eigenvalue weighted by Gasteiger charge is 2.30. The Hall–Kier alpha value is -1.61. The largest absolute Gasteiger partial charge is 0.345 e. The molecule has 0 aliphatic heterocycles. The number of imidazole rings is 1. The topological polar surface area (TPSA) is 54.7 Å². The summed E-state index contributed by atoms with van der Waals surface area (Å²) < 4.78 is 0. The maximum absolute atomic E-state index is 5.84. The molecular weight excluding hydrogens is 222 g/mol. The predicted octanol–water partition coefficient (Wildman–Crippen LogP) is 2.90. The van der Waals surface area contributed by atoms with Crippen molar-refractivity contribution in [3.63, 3.8) is 0 Å². The van der Waals surface area contributed by atoms with Crippen molar-refractivity contribution in [2.45, 2.75) is 38.6 Å². The van der Waals surface area contributed by atoms with Gasteiger partial charge in [0.05, 0.1) is 5.69 Å². The maximum Gasteiger partial charge on any atom is 0.110 e. The number of aromatic amines is 1. The quantitative estimate of drug-likeness (QED) is 0.849. The van der Waals surface area contributed by atoms with Crippen molar-refractivity contribution in [3.05, 3.63) is 41.3 Å². The van der Waals surface area contributed by atoms with Crippen LogP contribution < -0.4 is 5.73 Å². The Kier molecular flexibility index (Phi) is 2.71. The molecule has 1 heterocycles. The standard InChI is InChI=1S/C15H19N3/c1-9-5-3-4-6-13(9)14-10(2)17-15(18-14)11-7-12(16)8-11/h3-6,11-12H,7-8,16H2,1-2H3,(H,17,18). The first kappa shape index (κ1) is 11.5. The maximum atomic E-state index is 5.84. The first-order valence-electron chi connectivity index (χ1n) is 6.53. The molecule has 2 aromatic rings. The summed E-state index contributed by atoms with van der Waals surface area (Å²) in [6, 6.07) is 8.75. The molecule has 1 fully saturated rings. The van der Waals surface area contributed by atoms with E-state index in [1.165, 1.54) is 11.1 Å². The number of aromatic nitrogens is 2. The Morgan fingerprint density at radius 2 is 1.94 bits per heavy atom. The van der Waals surface area contributed by atoms with Crippen LogP contribution in [-0.4, -0.2) is 16.0 Å². The van der Waals surface area contributed by atoms with Crippen LogP contribution in [0.2, 0.25) is 0 Å². The number of hydrogen-bond acceptors (Lipinski definition) is 2. The van der Waals surface area contributed by atoms with Crippen LogP contribution in [0.1, 0.15) is 35.8 Å². The number of hydrogen-bond donors (Lipinski definition) is 2. The summed E-state index contributed by atoms with van der Waals surface area (Å²) in [5.74, 6) is 1.63. The van der Waals surface area contributed by atoms with Gasteiger partial charge in [-0.25, -0.2) is 4.98 Å². The smallest absolute Gasteiger partial charge is 0.110 e. The molecule has 0 bridgehead atoms. The van der Waals surface area contributed by atoms with Crippen molar-refractivity contribution in [2.75, 3.05) is 0 Å². The van der Waals surface area contributed by atoms with Crippen molar-refractivity contribution in [3.8, 4) is 11.3 Å². The Labute approximate surface area is 107 Å². The van der Waals surface area contributed by atoms with E-state index in [9.17, 15) is 0 Å². The van der Waals surface area contributed by atoms with E-state index < -0.39 is 0 Å². The van der Waals surface area contributed by atoms with Gasteiger partial charge in [-0.05, 0) is 32.3 Å². The molecule has 0 spiro atoms. The zero-order chi connectivity index (χ0) is 12.7. The lowest BCUT2D eigenvalue weighted by Gasteiger charge is -2.30. The lowest BCUT2D eigenvalue weighted by atomic mass is 9.80. The zero-order valence-electron chi connectivity index (χ0n) is 10.9. The Balaban J connectivity index is 1.96. The van der Waals surface area contributed by atoms with Crippen LogP contribution in [0.25, 0.3) is 11.3 Å². The molecule has 3 rings (SSSR count). The summed E-state index contributed by atoms with van der Waals surface area (Å²) in [5, 5.41) is 0. The molecule has 1 aromatic heterocycles. The fourth-order valence-electron chi connectivity index (χ4n) is 2.66. The number of nitrogens with zero attached hydrogens (tertiary/aromatic N) is 1. The van der Waals surface area contributed by atoms with E-state index in [1.807, 2.05) is 0 Å². The highest BCUT2D eigenvalue weighted by atomic mass is 15.0. The molecule has 0 radical (unpaired) electrons. The van der Waals surface area contributed by atoms with Crippen LogP contribution in [0.15, 0.2) is 24.3 Å². The Bertz CT molecular complexity index is 565. The zero-order valence-corrected chi connectivity index (χ0v) is 10.9. The second-order valence-corrected chi connectivity index (χ2v) is 5.34. The molecule has 0 atom stereocenters. The first-order chi connectivity index (χ1) is 8.65. The highest BCUT2D eigenvalue weighted by molar-refractivity contribution is 5.65. The van der Waals surface area contributed by atoms with Gasteiger partial charge in [-0.2, -0.15) is 0 Å². The molecule has 1 aliphatic carbocycles. The van der Waals surface area contributed by atoms with E-state index in [0.29, 0.717) is 12.0 Å². The molecule has 1 aromatic carbocycles. The highest BCUT2D eigenvalue weighted by Crippen LogP contribution is 2.36. The van der Waals surface area contributed by atoms with Crippen molar-refractivity contribution in [2.24, 2.45) is 5.73 Å². The summed E-state index contributed by atoms with van der Waals surface area (Å²) in [6.07, 6.45) is 2.11. The summed E-state index contributed by atoms with van der Waals surface area (Å²) >= 11 is 0. The van der Waals surface area contributed by atoms with Crippen LogP contribution in [0.5, 0.6) is 0 Å². The van der Waals surface area contributed by atoms with Gasteiger partial charge in [0, 0.05) is 23.2 Å². The third kappa shape index (κ3) is 1.85. The molecule has 3 nitrogen and oxygen atoms in total. The normalized spacial score (nSPS) is 22.8. The lowest BCUT2D eigenvalue weighted by Crippen LogP contribution is -2.35. The van der Waals surface area contributed by atoms with Crippen LogP contribution in [0.3, 0.4) is 0 Å². The van der Waals surface area contributed by atoms with Crippen LogP contribution >= 0.6 is 0 Å². The van der Waals surface area contributed by atoms with E-state index in [1.54, 1.807) is 0 Å². The van der Waals surface area contributed by atoms with Gasteiger partial charge in [-0.1, -0.05) is 24.3 Å². The number of rotatable bonds is 2. The van der Waals surface area contributed by atoms with Gasteiger partial charge in [-0.15, -0.1) is 0 Å². The van der Waals surface area contributed by atoms with Gasteiger partial charge in [-0.3, -0.25) is 0 Å². The van der Waals surface area contributed by atoms with Gasteiger partial charge < -0.3 is 10.7 Å². The van der Waals surface area contributed by atoms with Gasteiger partial charge in [0.25, 0.3) is 0 Å². The summed E-state index contributed by atoms with van der Waals surface area (Å²) in [7, 11) is 0. The van der Waals surface area contributed by atoms with Crippen molar-refractivity contribution >= 4 is 0 Å². The fourth-order valence-corrected chi connectivity index (χ4v) is 2.66. The first-order valence-corrected chi connectivity index (χ1v) is 6.53. The number of nitrogens with one attached hydrogen (secondary N) is 1. The van der Waals surface area contributed by atoms with Gasteiger partial charge in [0.15, 0.2) is 0 Å². The minimum atomic E-state index is 0.363. The lowest BCUT2D eigenvalue weighted by molar-refractivity contribution is 0.340. The molecule has 3 heteroatoms. The van der Waals surface area contributed by atoms with Crippen LogP contribution in [0, 0.1) is 13.8 Å². The Morgan fingerprint density at radius 1 is 1.22 bits per heavy atom. The monoisotopic (exact) mass is 241 g/mol. The second kappa shape index (κ2) is 4.25. The molecule has 3 N–H and O–H groups in total. The average molecular weight is 241 g/mol. The van der Waals surface area contributed by atoms with Crippen molar-refractivity contribution in [1.29, 1.82) is 0 Å². The number of nitrogens with two attached hydrogens (primary N) is 1. The third-order valence-electron chi connectivity index (χ3n) is 3.86. The SMILES string of the molecule is Cc1ccccc1-c1nc(C2CC(N)C2)[nH]c1C. The van der Waals surface area contributed by atoms with E-state index in [-0.39, 0.29) is 0 Å². The van der Waals surface area contributed by atoms with Gasteiger partial charge in [0.2, 0.25) is 0 Å². The number of aryl methyl sites for hydroxylation is 2. The summed E-state index contributed by atoms with van der Waals surface area (Å²) in [5.41, 5.74) is 10.6. The molecule has 1 aliphatic rings. The van der Waals surface area contributed by atoms with E-state index in [2.05, 4.69) is 43.1 Å². The van der Waals surface area contributed by atoms with Crippen LogP contribution in [0.4, 0.5) is 0 Å². The van der Waals surface area contributed by atoms with Gasteiger partial charge in [0.1, 0.15) is 5.82 Å². The van der Waals surface area contributed by atoms with Crippen molar-refractivity contribution in [1.82, 2.24) is 9.97 Å². The third-order valence-corrected chi connectivity index (χ3v) is 3.86. The average Bonchev–Trinajstić information content (AvgIpc) is 2.67. The molecule has 0 unspecified atom stereocenters.